The van der Waals surface area contributed by atoms with Gasteiger partial charge in [0, 0.05) is 43.2 Å². The van der Waals surface area contributed by atoms with Crippen LogP contribution in [0.15, 0.2) is 36.4 Å². The fourth-order valence-electron chi connectivity index (χ4n) is 3.54. The molecule has 152 valence electrons. The molecule has 8 heteroatoms. The van der Waals surface area contributed by atoms with Gasteiger partial charge in [0.15, 0.2) is 17.3 Å². The summed E-state index contributed by atoms with van der Waals surface area (Å²) in [7, 11) is 1.58. The van der Waals surface area contributed by atoms with Gasteiger partial charge in [-0.15, -0.1) is 10.2 Å². The number of carbonyl (C=O) groups excluding carboxylic acids is 1. The molecule has 0 aliphatic carbocycles. The molecule has 2 aromatic carbocycles. The smallest absolute Gasteiger partial charge is 0.188 e. The first-order chi connectivity index (χ1) is 14.6. The molecule has 2 heterocycles. The molecule has 0 amide bonds. The van der Waals surface area contributed by atoms with Crippen molar-refractivity contribution in [3.05, 3.63) is 58.4 Å². The number of carbonyl (C=O) groups is 1. The van der Waals surface area contributed by atoms with Gasteiger partial charge < -0.3 is 15.0 Å². The highest BCUT2D eigenvalue weighted by atomic mass is 35.5. The lowest BCUT2D eigenvalue weighted by molar-refractivity contribution is -0.119. The fourth-order valence-corrected chi connectivity index (χ4v) is 3.82. The topological polar surface area (TPSA) is 71.7 Å². The molecule has 1 aliphatic rings. The van der Waals surface area contributed by atoms with Gasteiger partial charge in [-0.2, -0.15) is 0 Å². The van der Waals surface area contributed by atoms with Crippen molar-refractivity contribution in [1.29, 1.82) is 0 Å². The summed E-state index contributed by atoms with van der Waals surface area (Å²) in [4.78, 5) is 17.2. The molecule has 30 heavy (non-hydrogen) atoms. The Morgan fingerprint density at radius 1 is 1.17 bits per heavy atom. The largest absolute Gasteiger partial charge is 0.495 e. The Balaban J connectivity index is 1.66. The van der Waals surface area contributed by atoms with Crippen LogP contribution >= 0.6 is 11.6 Å². The molecule has 4 rings (SSSR count). The van der Waals surface area contributed by atoms with Crippen molar-refractivity contribution < 1.29 is 9.53 Å². The molecule has 0 radical (unpaired) electrons. The Kier molecular flexibility index (Phi) is 5.68. The van der Waals surface area contributed by atoms with E-state index in [9.17, 15) is 4.79 Å². The Morgan fingerprint density at radius 2 is 1.97 bits per heavy atom. The van der Waals surface area contributed by atoms with Crippen LogP contribution < -0.4 is 15.0 Å². The highest BCUT2D eigenvalue weighted by molar-refractivity contribution is 6.32. The summed E-state index contributed by atoms with van der Waals surface area (Å²) >= 11 is 6.22. The number of rotatable bonds is 5. The molecule has 3 aromatic rings. The SMILES string of the molecule is [C-]#[N+]c1ccc2c(N3CCC(=O)CC3)nnc(NCc3ccc(OC)c(Cl)c3)c2c1. The number of Topliss-reactive ketones (excluding diaryl/α,β-unsaturated/α-hetero) is 1. The first-order valence-corrected chi connectivity index (χ1v) is 9.97. The summed E-state index contributed by atoms with van der Waals surface area (Å²) in [5, 5.41) is 14.4. The second-order valence-electron chi connectivity index (χ2n) is 7.06. The molecule has 1 saturated heterocycles. The zero-order valence-corrected chi connectivity index (χ0v) is 17.2. The normalized spacial score (nSPS) is 13.9. The van der Waals surface area contributed by atoms with Crippen molar-refractivity contribution in [2.45, 2.75) is 19.4 Å². The molecule has 1 fully saturated rings. The van der Waals surface area contributed by atoms with E-state index in [0.29, 0.717) is 54.8 Å². The van der Waals surface area contributed by atoms with Gasteiger partial charge in [-0.05, 0) is 23.8 Å². The number of hydrogen-bond donors (Lipinski definition) is 1. The number of hydrogen-bond acceptors (Lipinski definition) is 6. The highest BCUT2D eigenvalue weighted by Gasteiger charge is 2.21. The van der Waals surface area contributed by atoms with Crippen LogP contribution in [0.5, 0.6) is 5.75 Å². The van der Waals surface area contributed by atoms with Gasteiger partial charge in [0.1, 0.15) is 11.5 Å². The fraction of sp³-hybridized carbons (Fsp3) is 0.273. The third-order valence-corrected chi connectivity index (χ3v) is 5.47. The number of ether oxygens (including phenoxy) is 1. The average molecular weight is 422 g/mol. The predicted molar refractivity (Wildman–Crippen MR) is 118 cm³/mol. The number of piperidine rings is 1. The van der Waals surface area contributed by atoms with Crippen molar-refractivity contribution in [1.82, 2.24) is 10.2 Å². The minimum absolute atomic E-state index is 0.273. The lowest BCUT2D eigenvalue weighted by atomic mass is 10.1. The van der Waals surface area contributed by atoms with E-state index in [-0.39, 0.29) is 5.78 Å². The van der Waals surface area contributed by atoms with Crippen LogP contribution in [0.1, 0.15) is 18.4 Å². The summed E-state index contributed by atoms with van der Waals surface area (Å²) in [5.74, 6) is 2.23. The van der Waals surface area contributed by atoms with E-state index in [0.717, 1.165) is 22.2 Å². The minimum Gasteiger partial charge on any atom is -0.495 e. The van der Waals surface area contributed by atoms with E-state index in [1.165, 1.54) is 0 Å². The van der Waals surface area contributed by atoms with E-state index in [2.05, 4.69) is 25.3 Å². The summed E-state index contributed by atoms with van der Waals surface area (Å²) in [5.41, 5.74) is 1.50. The Bertz CT molecular complexity index is 1150. The summed E-state index contributed by atoms with van der Waals surface area (Å²) in [6.45, 7) is 9.11. The highest BCUT2D eigenvalue weighted by Crippen LogP contribution is 2.33. The van der Waals surface area contributed by atoms with Crippen LogP contribution in [-0.2, 0) is 11.3 Å². The summed E-state index contributed by atoms with van der Waals surface area (Å²) in [6.07, 6.45) is 1.03. The van der Waals surface area contributed by atoms with E-state index < -0.39 is 0 Å². The van der Waals surface area contributed by atoms with Crippen molar-refractivity contribution >= 4 is 45.5 Å². The second kappa shape index (κ2) is 8.56. The van der Waals surface area contributed by atoms with Crippen LogP contribution in [0, 0.1) is 6.57 Å². The molecule has 0 atom stereocenters. The molecular weight excluding hydrogens is 402 g/mol. The van der Waals surface area contributed by atoms with Crippen LogP contribution in [0.3, 0.4) is 0 Å². The minimum atomic E-state index is 0.273. The number of halogens is 1. The van der Waals surface area contributed by atoms with Crippen molar-refractivity contribution in [3.8, 4) is 5.75 Å². The van der Waals surface area contributed by atoms with E-state index >= 15 is 0 Å². The van der Waals surface area contributed by atoms with Gasteiger partial charge in [0.2, 0.25) is 0 Å². The molecule has 7 nitrogen and oxygen atoms in total. The maximum atomic E-state index is 11.6. The molecule has 1 N–H and O–H groups in total. The quantitative estimate of drug-likeness (QED) is 0.606. The maximum absolute atomic E-state index is 11.6. The van der Waals surface area contributed by atoms with Gasteiger partial charge in [0.05, 0.1) is 18.7 Å². The Morgan fingerprint density at radius 3 is 2.67 bits per heavy atom. The molecule has 0 spiro atoms. The van der Waals surface area contributed by atoms with Crippen molar-refractivity contribution in [2.24, 2.45) is 0 Å². The standard InChI is InChI=1S/C22H20ClN5O2/c1-24-15-4-5-17-18(12-15)21(25-13-14-3-6-20(30-2)19(23)11-14)26-27-22(17)28-9-7-16(29)8-10-28/h3-6,11-12H,7-10,13H2,2H3,(H,25,26). The molecule has 0 bridgehead atoms. The lowest BCUT2D eigenvalue weighted by Crippen LogP contribution is -2.34. The monoisotopic (exact) mass is 421 g/mol. The van der Waals surface area contributed by atoms with Gasteiger partial charge in [-0.25, -0.2) is 4.85 Å². The van der Waals surface area contributed by atoms with Crippen LogP contribution in [0.2, 0.25) is 5.02 Å². The molecule has 1 aromatic heterocycles. The Labute approximate surface area is 179 Å². The van der Waals surface area contributed by atoms with E-state index in [1.54, 1.807) is 13.2 Å². The van der Waals surface area contributed by atoms with Crippen LogP contribution in [0.4, 0.5) is 17.3 Å². The van der Waals surface area contributed by atoms with Gasteiger partial charge >= 0.3 is 0 Å². The van der Waals surface area contributed by atoms with Crippen LogP contribution in [-0.4, -0.2) is 36.2 Å². The predicted octanol–water partition coefficient (Wildman–Crippen LogP) is 4.62. The van der Waals surface area contributed by atoms with Gasteiger partial charge in [-0.1, -0.05) is 29.8 Å². The lowest BCUT2D eigenvalue weighted by Gasteiger charge is -2.28. The van der Waals surface area contributed by atoms with E-state index in [1.807, 2.05) is 30.3 Å². The molecule has 0 saturated carbocycles. The maximum Gasteiger partial charge on any atom is 0.188 e. The van der Waals surface area contributed by atoms with E-state index in [4.69, 9.17) is 22.9 Å². The number of nitrogens with one attached hydrogen (secondary N) is 1. The number of anilines is 2. The van der Waals surface area contributed by atoms with Crippen molar-refractivity contribution in [2.75, 3.05) is 30.4 Å². The molecule has 1 aliphatic heterocycles. The molecular formula is C22H20ClN5O2. The van der Waals surface area contributed by atoms with Gasteiger partial charge in [-0.3, -0.25) is 4.79 Å². The summed E-state index contributed by atoms with van der Waals surface area (Å²) in [6, 6.07) is 11.1. The molecule has 0 unspecified atom stereocenters. The zero-order chi connectivity index (χ0) is 21.1. The number of ketones is 1. The van der Waals surface area contributed by atoms with Crippen LogP contribution in [0.25, 0.3) is 15.6 Å². The number of aromatic nitrogens is 2. The van der Waals surface area contributed by atoms with Crippen molar-refractivity contribution in [3.63, 3.8) is 0 Å². The number of methoxy groups -OCH3 is 1. The number of nitrogens with zero attached hydrogens (tertiary/aromatic N) is 4. The first-order valence-electron chi connectivity index (χ1n) is 9.60. The third kappa shape index (κ3) is 4.00. The average Bonchev–Trinajstić information content (AvgIpc) is 2.77. The first kappa shape index (κ1) is 19.9. The Hall–Kier alpha value is -3.37. The zero-order valence-electron chi connectivity index (χ0n) is 16.5. The second-order valence-corrected chi connectivity index (χ2v) is 7.47. The number of benzene rings is 2. The summed E-state index contributed by atoms with van der Waals surface area (Å²) < 4.78 is 5.19. The van der Waals surface area contributed by atoms with Gasteiger partial charge in [0.25, 0.3) is 0 Å². The number of fused-ring (bicyclic) bond motifs is 1. The third-order valence-electron chi connectivity index (χ3n) is 5.17.